The summed E-state index contributed by atoms with van der Waals surface area (Å²) in [4.78, 5) is 10.6. The van der Waals surface area contributed by atoms with E-state index in [0.29, 0.717) is 12.0 Å². The number of carbonyl (C=O) groups is 1. The quantitative estimate of drug-likeness (QED) is 0.698. The molecule has 1 aromatic heterocycles. The summed E-state index contributed by atoms with van der Waals surface area (Å²) in [7, 11) is 0. The molecule has 98 valence electrons. The molecule has 0 saturated heterocycles. The van der Waals surface area contributed by atoms with Crippen molar-refractivity contribution in [1.29, 1.82) is 0 Å². The van der Waals surface area contributed by atoms with E-state index in [1.807, 2.05) is 0 Å². The first-order valence-electron chi connectivity index (χ1n) is 6.54. The van der Waals surface area contributed by atoms with Gasteiger partial charge in [-0.15, -0.1) is 5.10 Å². The van der Waals surface area contributed by atoms with E-state index in [1.165, 1.54) is 31.9 Å². The molecule has 3 rings (SSSR count). The van der Waals surface area contributed by atoms with Crippen LogP contribution in [0.1, 0.15) is 36.2 Å². The Balaban J connectivity index is 1.40. The maximum Gasteiger partial charge on any atom is 0.358 e. The molecule has 0 aliphatic heterocycles. The minimum absolute atomic E-state index is 0.00615. The average molecular weight is 250 g/mol. The SMILES string of the molecule is O=C(O)c1cn(CCNCC2(C3CC3)CC2)nn1. The van der Waals surface area contributed by atoms with Crippen LogP contribution in [0.3, 0.4) is 0 Å². The molecular formula is C12H18N4O2. The van der Waals surface area contributed by atoms with Crippen molar-refractivity contribution in [1.82, 2.24) is 20.3 Å². The van der Waals surface area contributed by atoms with Gasteiger partial charge in [0.2, 0.25) is 0 Å². The van der Waals surface area contributed by atoms with Gasteiger partial charge < -0.3 is 10.4 Å². The van der Waals surface area contributed by atoms with Crippen molar-refractivity contribution in [2.45, 2.75) is 32.2 Å². The normalized spacial score (nSPS) is 20.9. The van der Waals surface area contributed by atoms with Crippen LogP contribution in [0.4, 0.5) is 0 Å². The number of carboxylic acids is 1. The van der Waals surface area contributed by atoms with E-state index in [9.17, 15) is 4.79 Å². The van der Waals surface area contributed by atoms with Crippen LogP contribution in [-0.4, -0.2) is 39.2 Å². The van der Waals surface area contributed by atoms with Crippen LogP contribution in [0.2, 0.25) is 0 Å². The molecular weight excluding hydrogens is 232 g/mol. The van der Waals surface area contributed by atoms with Crippen LogP contribution in [0.15, 0.2) is 6.20 Å². The zero-order valence-electron chi connectivity index (χ0n) is 10.3. The lowest BCUT2D eigenvalue weighted by Gasteiger charge is -2.14. The molecule has 2 fully saturated rings. The molecule has 0 bridgehead atoms. The molecule has 6 nitrogen and oxygen atoms in total. The van der Waals surface area contributed by atoms with Gasteiger partial charge in [-0.1, -0.05) is 5.21 Å². The predicted octanol–water partition coefficient (Wildman–Crippen LogP) is 0.756. The highest BCUT2D eigenvalue weighted by molar-refractivity contribution is 5.84. The van der Waals surface area contributed by atoms with E-state index >= 15 is 0 Å². The summed E-state index contributed by atoms with van der Waals surface area (Å²) in [6.07, 6.45) is 7.03. The second kappa shape index (κ2) is 4.35. The second-order valence-corrected chi connectivity index (χ2v) is 5.49. The fourth-order valence-corrected chi connectivity index (χ4v) is 2.62. The van der Waals surface area contributed by atoms with Gasteiger partial charge in [0.05, 0.1) is 12.7 Å². The fraction of sp³-hybridized carbons (Fsp3) is 0.750. The monoisotopic (exact) mass is 250 g/mol. The lowest BCUT2D eigenvalue weighted by atomic mass is 10.0. The lowest BCUT2D eigenvalue weighted by Crippen LogP contribution is -2.28. The van der Waals surface area contributed by atoms with Gasteiger partial charge in [-0.05, 0) is 37.0 Å². The van der Waals surface area contributed by atoms with E-state index < -0.39 is 5.97 Å². The van der Waals surface area contributed by atoms with E-state index in [2.05, 4.69) is 15.6 Å². The number of carboxylic acid groups (broad SMARTS) is 1. The summed E-state index contributed by atoms with van der Waals surface area (Å²) in [6.45, 7) is 2.58. The summed E-state index contributed by atoms with van der Waals surface area (Å²) in [5.74, 6) is -0.0603. The molecule has 0 spiro atoms. The molecule has 0 aromatic carbocycles. The molecule has 6 heteroatoms. The number of nitrogens with one attached hydrogen (secondary N) is 1. The zero-order chi connectivity index (χ0) is 12.6. The van der Waals surface area contributed by atoms with Crippen LogP contribution in [0.25, 0.3) is 0 Å². The zero-order valence-corrected chi connectivity index (χ0v) is 10.3. The summed E-state index contributed by atoms with van der Waals surface area (Å²) in [6, 6.07) is 0. The Morgan fingerprint density at radius 2 is 2.33 bits per heavy atom. The van der Waals surface area contributed by atoms with E-state index in [1.54, 1.807) is 4.68 Å². The first kappa shape index (κ1) is 11.6. The Morgan fingerprint density at radius 3 is 2.89 bits per heavy atom. The van der Waals surface area contributed by atoms with Crippen molar-refractivity contribution >= 4 is 5.97 Å². The molecule has 0 radical (unpaired) electrons. The number of rotatable bonds is 7. The Bertz CT molecular complexity index is 449. The van der Waals surface area contributed by atoms with Gasteiger partial charge in [0.15, 0.2) is 5.69 Å². The minimum Gasteiger partial charge on any atom is -0.476 e. The molecule has 18 heavy (non-hydrogen) atoms. The molecule has 0 amide bonds. The third-order valence-corrected chi connectivity index (χ3v) is 4.09. The van der Waals surface area contributed by atoms with Crippen molar-refractivity contribution in [3.05, 3.63) is 11.9 Å². The number of aromatic carboxylic acids is 1. The number of hydrogen-bond donors (Lipinski definition) is 2. The summed E-state index contributed by atoms with van der Waals surface area (Å²) in [5.41, 5.74) is 0.612. The maximum absolute atomic E-state index is 10.6. The van der Waals surface area contributed by atoms with Crippen molar-refractivity contribution in [2.24, 2.45) is 11.3 Å². The lowest BCUT2D eigenvalue weighted by molar-refractivity contribution is 0.0690. The third-order valence-electron chi connectivity index (χ3n) is 4.09. The fourth-order valence-electron chi connectivity index (χ4n) is 2.62. The van der Waals surface area contributed by atoms with Gasteiger partial charge in [-0.25, -0.2) is 4.79 Å². The van der Waals surface area contributed by atoms with Gasteiger partial charge >= 0.3 is 5.97 Å². The second-order valence-electron chi connectivity index (χ2n) is 5.49. The topological polar surface area (TPSA) is 80.0 Å². The van der Waals surface area contributed by atoms with Crippen LogP contribution in [-0.2, 0) is 6.54 Å². The van der Waals surface area contributed by atoms with Gasteiger partial charge in [0.1, 0.15) is 0 Å². The highest BCUT2D eigenvalue weighted by Gasteiger charge is 2.53. The minimum atomic E-state index is -1.03. The van der Waals surface area contributed by atoms with Gasteiger partial charge in [0.25, 0.3) is 0 Å². The summed E-state index contributed by atoms with van der Waals surface area (Å²) in [5, 5.41) is 19.5. The molecule has 2 N–H and O–H groups in total. The number of hydrogen-bond acceptors (Lipinski definition) is 4. The van der Waals surface area contributed by atoms with Gasteiger partial charge in [-0.2, -0.15) is 0 Å². The van der Waals surface area contributed by atoms with Gasteiger partial charge in [-0.3, -0.25) is 4.68 Å². The predicted molar refractivity (Wildman–Crippen MR) is 64.2 cm³/mol. The highest BCUT2D eigenvalue weighted by atomic mass is 16.4. The van der Waals surface area contributed by atoms with Crippen molar-refractivity contribution in [3.8, 4) is 0 Å². The Morgan fingerprint density at radius 1 is 1.56 bits per heavy atom. The largest absolute Gasteiger partial charge is 0.476 e. The maximum atomic E-state index is 10.6. The smallest absolute Gasteiger partial charge is 0.358 e. The molecule has 0 atom stereocenters. The third kappa shape index (κ3) is 2.38. The Kier molecular flexibility index (Phi) is 2.81. The van der Waals surface area contributed by atoms with Crippen molar-refractivity contribution < 1.29 is 9.90 Å². The molecule has 1 heterocycles. The van der Waals surface area contributed by atoms with Gasteiger partial charge in [0, 0.05) is 13.1 Å². The number of nitrogens with zero attached hydrogens (tertiary/aromatic N) is 3. The standard InChI is InChI=1S/C12H18N4O2/c17-11(18)10-7-16(15-14-10)6-5-13-8-12(3-4-12)9-1-2-9/h7,9,13H,1-6,8H2,(H,17,18). The highest BCUT2D eigenvalue weighted by Crippen LogP contribution is 2.60. The summed E-state index contributed by atoms with van der Waals surface area (Å²) < 4.78 is 1.58. The van der Waals surface area contributed by atoms with E-state index in [-0.39, 0.29) is 5.69 Å². The van der Waals surface area contributed by atoms with Crippen molar-refractivity contribution in [2.75, 3.05) is 13.1 Å². The molecule has 2 aliphatic rings. The van der Waals surface area contributed by atoms with E-state index in [0.717, 1.165) is 19.0 Å². The Hall–Kier alpha value is -1.43. The van der Waals surface area contributed by atoms with Crippen LogP contribution < -0.4 is 5.32 Å². The molecule has 0 unspecified atom stereocenters. The number of aromatic nitrogens is 3. The first-order chi connectivity index (χ1) is 8.70. The molecule has 2 aliphatic carbocycles. The van der Waals surface area contributed by atoms with Crippen molar-refractivity contribution in [3.63, 3.8) is 0 Å². The molecule has 1 aromatic rings. The average Bonchev–Trinajstić information content (AvgIpc) is 3.23. The Labute approximate surface area is 105 Å². The van der Waals surface area contributed by atoms with Crippen LogP contribution >= 0.6 is 0 Å². The van der Waals surface area contributed by atoms with E-state index in [4.69, 9.17) is 5.11 Å². The molecule has 2 saturated carbocycles. The van der Waals surface area contributed by atoms with Crippen LogP contribution in [0, 0.1) is 11.3 Å². The van der Waals surface area contributed by atoms with Crippen LogP contribution in [0.5, 0.6) is 0 Å². The first-order valence-corrected chi connectivity index (χ1v) is 6.54. The summed E-state index contributed by atoms with van der Waals surface area (Å²) >= 11 is 0.